The lowest BCUT2D eigenvalue weighted by atomic mass is 9.92. The molecule has 0 heterocycles. The molecule has 0 aliphatic rings. The van der Waals surface area contributed by atoms with Crippen LogP contribution in [0.25, 0.3) is 0 Å². The molecule has 17 heavy (non-hydrogen) atoms. The van der Waals surface area contributed by atoms with Crippen LogP contribution in [0.3, 0.4) is 0 Å². The van der Waals surface area contributed by atoms with E-state index in [0.717, 1.165) is 45.5 Å². The summed E-state index contributed by atoms with van der Waals surface area (Å²) in [6, 6.07) is 2.40. The fourth-order valence-electron chi connectivity index (χ4n) is 1.92. The van der Waals surface area contributed by atoms with Gasteiger partial charge in [-0.3, -0.25) is 0 Å². The second-order valence-electron chi connectivity index (χ2n) is 4.33. The summed E-state index contributed by atoms with van der Waals surface area (Å²) >= 11 is 0. The van der Waals surface area contributed by atoms with Crippen LogP contribution in [0.2, 0.25) is 0 Å². The third-order valence-corrected chi connectivity index (χ3v) is 3.43. The highest BCUT2D eigenvalue weighted by molar-refractivity contribution is 5.05. The number of likely N-dealkylation sites (N-methyl/N-ethyl adjacent to an activating group) is 1. The normalized spacial score (nSPS) is 14.6. The molecule has 0 aromatic carbocycles. The van der Waals surface area contributed by atoms with Gasteiger partial charge in [0.15, 0.2) is 0 Å². The standard InChI is InChI=1S/C13H27N3O/c1-5-13(12-14,15-3)8-7-9-16(6-2)10-11-17-4/h15H,5-11H2,1-4H3. The average molecular weight is 241 g/mol. The van der Waals surface area contributed by atoms with Crippen molar-refractivity contribution in [2.24, 2.45) is 0 Å². The zero-order valence-electron chi connectivity index (χ0n) is 11.8. The lowest BCUT2D eigenvalue weighted by molar-refractivity contribution is 0.148. The lowest BCUT2D eigenvalue weighted by Gasteiger charge is -2.26. The van der Waals surface area contributed by atoms with Crippen LogP contribution < -0.4 is 5.32 Å². The highest BCUT2D eigenvalue weighted by Crippen LogP contribution is 2.16. The van der Waals surface area contributed by atoms with E-state index in [0.29, 0.717) is 0 Å². The summed E-state index contributed by atoms with van der Waals surface area (Å²) in [7, 11) is 3.60. The molecular formula is C13H27N3O. The van der Waals surface area contributed by atoms with Gasteiger partial charge in [0.2, 0.25) is 0 Å². The lowest BCUT2D eigenvalue weighted by Crippen LogP contribution is -2.41. The molecule has 100 valence electrons. The monoisotopic (exact) mass is 241 g/mol. The molecule has 1 atom stereocenters. The van der Waals surface area contributed by atoms with E-state index >= 15 is 0 Å². The molecule has 0 rings (SSSR count). The molecule has 0 aromatic rings. The van der Waals surface area contributed by atoms with E-state index in [1.54, 1.807) is 7.11 Å². The van der Waals surface area contributed by atoms with Crippen LogP contribution in [0.15, 0.2) is 0 Å². The summed E-state index contributed by atoms with van der Waals surface area (Å²) in [6.45, 7) is 8.03. The fourth-order valence-corrected chi connectivity index (χ4v) is 1.92. The van der Waals surface area contributed by atoms with Gasteiger partial charge in [0, 0.05) is 13.7 Å². The van der Waals surface area contributed by atoms with E-state index in [1.807, 2.05) is 7.05 Å². The van der Waals surface area contributed by atoms with Crippen LogP contribution in [0.4, 0.5) is 0 Å². The summed E-state index contributed by atoms with van der Waals surface area (Å²) in [5.74, 6) is 0. The molecule has 1 N–H and O–H groups in total. The number of ether oxygens (including phenoxy) is 1. The Morgan fingerprint density at radius 1 is 1.35 bits per heavy atom. The predicted octanol–water partition coefficient (Wildman–Crippen LogP) is 1.63. The molecule has 4 heteroatoms. The van der Waals surface area contributed by atoms with Crippen LogP contribution in [0, 0.1) is 11.3 Å². The van der Waals surface area contributed by atoms with Crippen molar-refractivity contribution in [1.29, 1.82) is 5.26 Å². The molecular weight excluding hydrogens is 214 g/mol. The maximum absolute atomic E-state index is 9.19. The maximum Gasteiger partial charge on any atom is 0.106 e. The number of rotatable bonds is 10. The summed E-state index contributed by atoms with van der Waals surface area (Å²) in [5, 5.41) is 12.3. The van der Waals surface area contributed by atoms with Gasteiger partial charge in [0.25, 0.3) is 0 Å². The Morgan fingerprint density at radius 3 is 2.47 bits per heavy atom. The number of nitrogens with zero attached hydrogens (tertiary/aromatic N) is 2. The van der Waals surface area contributed by atoms with Crippen molar-refractivity contribution in [2.75, 3.05) is 40.4 Å². The number of hydrogen-bond donors (Lipinski definition) is 1. The Balaban J connectivity index is 3.98. The third-order valence-electron chi connectivity index (χ3n) is 3.43. The van der Waals surface area contributed by atoms with E-state index in [-0.39, 0.29) is 5.54 Å². The van der Waals surface area contributed by atoms with Crippen LogP contribution in [0.1, 0.15) is 33.1 Å². The smallest absolute Gasteiger partial charge is 0.106 e. The molecule has 0 aromatic heterocycles. The molecule has 0 saturated heterocycles. The van der Waals surface area contributed by atoms with Crippen molar-refractivity contribution in [2.45, 2.75) is 38.6 Å². The number of nitrogens with one attached hydrogen (secondary N) is 1. The number of hydrogen-bond acceptors (Lipinski definition) is 4. The van der Waals surface area contributed by atoms with Crippen LogP contribution in [-0.4, -0.2) is 50.8 Å². The van der Waals surface area contributed by atoms with Gasteiger partial charge in [-0.1, -0.05) is 13.8 Å². The van der Waals surface area contributed by atoms with Crippen molar-refractivity contribution >= 4 is 0 Å². The number of nitriles is 1. The summed E-state index contributed by atoms with van der Waals surface area (Å²) in [4.78, 5) is 2.36. The van der Waals surface area contributed by atoms with Gasteiger partial charge < -0.3 is 15.0 Å². The highest BCUT2D eigenvalue weighted by atomic mass is 16.5. The first kappa shape index (κ1) is 16.4. The first-order chi connectivity index (χ1) is 8.17. The molecule has 0 radical (unpaired) electrons. The molecule has 0 amide bonds. The molecule has 0 aliphatic carbocycles. The van der Waals surface area contributed by atoms with E-state index in [9.17, 15) is 5.26 Å². The van der Waals surface area contributed by atoms with Gasteiger partial charge in [-0.05, 0) is 39.4 Å². The Bertz CT molecular complexity index is 221. The molecule has 4 nitrogen and oxygen atoms in total. The molecule has 0 spiro atoms. The minimum Gasteiger partial charge on any atom is -0.383 e. The van der Waals surface area contributed by atoms with Gasteiger partial charge >= 0.3 is 0 Å². The van der Waals surface area contributed by atoms with E-state index < -0.39 is 0 Å². The summed E-state index contributed by atoms with van der Waals surface area (Å²) in [5.41, 5.74) is -0.347. The fraction of sp³-hybridized carbons (Fsp3) is 0.923. The van der Waals surface area contributed by atoms with Crippen molar-refractivity contribution in [3.05, 3.63) is 0 Å². The van der Waals surface area contributed by atoms with Gasteiger partial charge in [0.05, 0.1) is 12.7 Å². The van der Waals surface area contributed by atoms with Gasteiger partial charge in [0.1, 0.15) is 5.54 Å². The maximum atomic E-state index is 9.19. The molecule has 0 bridgehead atoms. The minimum atomic E-state index is -0.347. The zero-order chi connectivity index (χ0) is 13.1. The molecule has 1 unspecified atom stereocenters. The molecule has 0 saturated carbocycles. The minimum absolute atomic E-state index is 0.347. The quantitative estimate of drug-likeness (QED) is 0.631. The molecule has 0 fully saturated rings. The Hall–Kier alpha value is -0.630. The first-order valence-electron chi connectivity index (χ1n) is 6.49. The van der Waals surface area contributed by atoms with Crippen LogP contribution in [0.5, 0.6) is 0 Å². The van der Waals surface area contributed by atoms with Crippen molar-refractivity contribution < 1.29 is 4.74 Å². The SMILES string of the molecule is CCN(CCCC(C#N)(CC)NC)CCOC. The van der Waals surface area contributed by atoms with Gasteiger partial charge in [-0.25, -0.2) is 0 Å². The topological polar surface area (TPSA) is 48.3 Å². The van der Waals surface area contributed by atoms with E-state index in [4.69, 9.17) is 4.74 Å². The zero-order valence-corrected chi connectivity index (χ0v) is 11.8. The Morgan fingerprint density at radius 2 is 2.06 bits per heavy atom. The summed E-state index contributed by atoms with van der Waals surface area (Å²) < 4.78 is 5.08. The predicted molar refractivity (Wildman–Crippen MR) is 70.9 cm³/mol. The molecule has 0 aliphatic heterocycles. The Labute approximate surface area is 106 Å². The van der Waals surface area contributed by atoms with Crippen LogP contribution >= 0.6 is 0 Å². The van der Waals surface area contributed by atoms with Crippen molar-refractivity contribution in [1.82, 2.24) is 10.2 Å². The average Bonchev–Trinajstić information content (AvgIpc) is 2.39. The van der Waals surface area contributed by atoms with E-state index in [2.05, 4.69) is 30.1 Å². The third kappa shape index (κ3) is 6.02. The van der Waals surface area contributed by atoms with E-state index in [1.165, 1.54) is 0 Å². The Kier molecular flexibility index (Phi) is 9.06. The second kappa shape index (κ2) is 9.41. The van der Waals surface area contributed by atoms with Crippen molar-refractivity contribution in [3.8, 4) is 6.07 Å². The van der Waals surface area contributed by atoms with Crippen molar-refractivity contribution in [3.63, 3.8) is 0 Å². The van der Waals surface area contributed by atoms with Gasteiger partial charge in [-0.15, -0.1) is 0 Å². The number of methoxy groups -OCH3 is 1. The van der Waals surface area contributed by atoms with Crippen LogP contribution in [-0.2, 0) is 4.74 Å². The first-order valence-corrected chi connectivity index (χ1v) is 6.49. The largest absolute Gasteiger partial charge is 0.383 e. The summed E-state index contributed by atoms with van der Waals surface area (Å²) in [6.07, 6.45) is 2.80. The van der Waals surface area contributed by atoms with Gasteiger partial charge in [-0.2, -0.15) is 5.26 Å². The second-order valence-corrected chi connectivity index (χ2v) is 4.33. The highest BCUT2D eigenvalue weighted by Gasteiger charge is 2.24.